The summed E-state index contributed by atoms with van der Waals surface area (Å²) in [5.74, 6) is 2.69. The van der Waals surface area contributed by atoms with E-state index in [1.807, 2.05) is 36.4 Å². The van der Waals surface area contributed by atoms with Gasteiger partial charge in [-0.1, -0.05) is 42.8 Å². The van der Waals surface area contributed by atoms with Crippen molar-refractivity contribution < 1.29 is 14.3 Å². The van der Waals surface area contributed by atoms with Crippen molar-refractivity contribution in [1.82, 2.24) is 14.9 Å². The molecule has 0 saturated heterocycles. The molecule has 0 fully saturated rings. The number of benzene rings is 3. The Kier molecular flexibility index (Phi) is 8.98. The average molecular weight is 486 g/mol. The number of unbranched alkanes of at least 4 members (excludes halogenated alkanes) is 2. The third kappa shape index (κ3) is 6.66. The van der Waals surface area contributed by atoms with Gasteiger partial charge in [0.1, 0.15) is 17.3 Å². The molecule has 4 aromatic rings. The minimum Gasteiger partial charge on any atom is -0.497 e. The summed E-state index contributed by atoms with van der Waals surface area (Å²) in [6.07, 6.45) is 4.81. The molecule has 3 aromatic carbocycles. The van der Waals surface area contributed by atoms with Crippen LogP contribution >= 0.6 is 0 Å². The maximum absolute atomic E-state index is 12.4. The van der Waals surface area contributed by atoms with Crippen molar-refractivity contribution in [2.45, 2.75) is 45.6 Å². The zero-order chi connectivity index (χ0) is 25.2. The molecule has 4 rings (SSSR count). The van der Waals surface area contributed by atoms with Crippen LogP contribution in [0.5, 0.6) is 11.5 Å². The minimum atomic E-state index is -0.0661. The van der Waals surface area contributed by atoms with Crippen molar-refractivity contribution in [3.8, 4) is 11.5 Å². The molecule has 0 bridgehead atoms. The van der Waals surface area contributed by atoms with Gasteiger partial charge in [-0.15, -0.1) is 0 Å². The van der Waals surface area contributed by atoms with E-state index in [1.165, 1.54) is 5.52 Å². The lowest BCUT2D eigenvalue weighted by Gasteiger charge is -2.12. The third-order valence-electron chi connectivity index (χ3n) is 6.31. The van der Waals surface area contributed by atoms with Crippen LogP contribution in [0.2, 0.25) is 0 Å². The standard InChI is InChI=1S/C30H35N3O3/c1-23-12-5-8-17-28(23)36-21-11-20-33-27-16-7-6-15-26(27)32-29(33)18-4-3-9-19-31-30(34)24-13-10-14-25(22-24)35-2/h5-8,10,12-17,22H,3-4,9,11,18-21H2,1-2H3,(H,31,34). The summed E-state index contributed by atoms with van der Waals surface area (Å²) >= 11 is 0. The number of carbonyl (C=O) groups excluding carboxylic acids is 1. The van der Waals surface area contributed by atoms with Crippen LogP contribution in [-0.4, -0.2) is 35.7 Å². The highest BCUT2D eigenvalue weighted by molar-refractivity contribution is 5.94. The number of methoxy groups -OCH3 is 1. The Bertz CT molecular complexity index is 1280. The SMILES string of the molecule is COc1cccc(C(=O)NCCCCCc2nc3ccccc3n2CCCOc2ccccc2C)c1. The number of rotatable bonds is 13. The van der Waals surface area contributed by atoms with E-state index in [1.54, 1.807) is 19.2 Å². The number of carbonyl (C=O) groups is 1. The van der Waals surface area contributed by atoms with Crippen LogP contribution in [0.1, 0.15) is 47.4 Å². The van der Waals surface area contributed by atoms with Crippen LogP contribution in [0.15, 0.2) is 72.8 Å². The minimum absolute atomic E-state index is 0.0661. The van der Waals surface area contributed by atoms with Gasteiger partial charge >= 0.3 is 0 Å². The second kappa shape index (κ2) is 12.8. The molecule has 36 heavy (non-hydrogen) atoms. The van der Waals surface area contributed by atoms with Gasteiger partial charge in [0.15, 0.2) is 0 Å². The summed E-state index contributed by atoms with van der Waals surface area (Å²) < 4.78 is 13.5. The van der Waals surface area contributed by atoms with Gasteiger partial charge in [-0.25, -0.2) is 4.98 Å². The largest absolute Gasteiger partial charge is 0.497 e. The van der Waals surface area contributed by atoms with E-state index in [4.69, 9.17) is 14.5 Å². The van der Waals surface area contributed by atoms with Crippen LogP contribution < -0.4 is 14.8 Å². The molecule has 1 amide bonds. The lowest BCUT2D eigenvalue weighted by Crippen LogP contribution is -2.24. The van der Waals surface area contributed by atoms with Gasteiger partial charge in [0.05, 0.1) is 24.8 Å². The van der Waals surface area contributed by atoms with Gasteiger partial charge in [-0.2, -0.15) is 0 Å². The second-order valence-corrected chi connectivity index (χ2v) is 8.93. The van der Waals surface area contributed by atoms with E-state index >= 15 is 0 Å². The van der Waals surface area contributed by atoms with Crippen molar-refractivity contribution >= 4 is 16.9 Å². The normalized spacial score (nSPS) is 10.9. The molecule has 0 radical (unpaired) electrons. The first-order chi connectivity index (χ1) is 17.7. The lowest BCUT2D eigenvalue weighted by atomic mass is 10.1. The number of aryl methyl sites for hydroxylation is 3. The number of fused-ring (bicyclic) bond motifs is 1. The summed E-state index contributed by atoms with van der Waals surface area (Å²) in [4.78, 5) is 17.3. The maximum atomic E-state index is 12.4. The highest BCUT2D eigenvalue weighted by Gasteiger charge is 2.11. The number of ether oxygens (including phenoxy) is 2. The predicted molar refractivity (Wildman–Crippen MR) is 144 cm³/mol. The Hall–Kier alpha value is -3.80. The molecular formula is C30H35N3O3. The van der Waals surface area contributed by atoms with Gasteiger partial charge < -0.3 is 19.4 Å². The van der Waals surface area contributed by atoms with E-state index < -0.39 is 0 Å². The number of nitrogens with one attached hydrogen (secondary N) is 1. The van der Waals surface area contributed by atoms with Crippen molar-refractivity contribution in [2.75, 3.05) is 20.3 Å². The Morgan fingerprint density at radius 2 is 1.78 bits per heavy atom. The van der Waals surface area contributed by atoms with Crippen molar-refractivity contribution in [1.29, 1.82) is 0 Å². The number of amides is 1. The number of imidazole rings is 1. The Morgan fingerprint density at radius 1 is 0.944 bits per heavy atom. The predicted octanol–water partition coefficient (Wildman–Crippen LogP) is 5.97. The van der Waals surface area contributed by atoms with Crippen molar-refractivity contribution in [3.63, 3.8) is 0 Å². The summed E-state index contributed by atoms with van der Waals surface area (Å²) in [7, 11) is 1.60. The zero-order valence-electron chi connectivity index (χ0n) is 21.2. The molecule has 0 aliphatic carbocycles. The molecule has 0 aliphatic rings. The Labute approximate surface area is 213 Å². The number of aromatic nitrogens is 2. The first-order valence-electron chi connectivity index (χ1n) is 12.7. The molecule has 0 saturated carbocycles. The van der Waals surface area contributed by atoms with Crippen LogP contribution in [0.25, 0.3) is 11.0 Å². The van der Waals surface area contributed by atoms with E-state index in [9.17, 15) is 4.79 Å². The van der Waals surface area contributed by atoms with E-state index in [-0.39, 0.29) is 5.91 Å². The molecule has 6 nitrogen and oxygen atoms in total. The summed E-state index contributed by atoms with van der Waals surface area (Å²) in [6.45, 7) is 4.27. The molecular weight excluding hydrogens is 450 g/mol. The van der Waals surface area contributed by atoms with E-state index in [2.05, 4.69) is 41.1 Å². The van der Waals surface area contributed by atoms with Gasteiger partial charge in [0, 0.05) is 25.1 Å². The molecule has 1 heterocycles. The fourth-order valence-electron chi connectivity index (χ4n) is 4.34. The number of hydrogen-bond acceptors (Lipinski definition) is 4. The van der Waals surface area contributed by atoms with Gasteiger partial charge in [-0.3, -0.25) is 4.79 Å². The van der Waals surface area contributed by atoms with E-state index in [0.717, 1.165) is 61.3 Å². The number of nitrogens with zero attached hydrogens (tertiary/aromatic N) is 2. The van der Waals surface area contributed by atoms with Crippen LogP contribution in [0.4, 0.5) is 0 Å². The molecule has 6 heteroatoms. The Morgan fingerprint density at radius 3 is 2.64 bits per heavy atom. The molecule has 0 aliphatic heterocycles. The second-order valence-electron chi connectivity index (χ2n) is 8.93. The lowest BCUT2D eigenvalue weighted by molar-refractivity contribution is 0.0952. The average Bonchev–Trinajstić information content (AvgIpc) is 3.26. The molecule has 0 unspecified atom stereocenters. The molecule has 0 atom stereocenters. The van der Waals surface area contributed by atoms with Crippen LogP contribution in [0.3, 0.4) is 0 Å². The molecule has 1 aromatic heterocycles. The highest BCUT2D eigenvalue weighted by Crippen LogP contribution is 2.20. The van der Waals surface area contributed by atoms with Crippen LogP contribution in [-0.2, 0) is 13.0 Å². The highest BCUT2D eigenvalue weighted by atomic mass is 16.5. The fraction of sp³-hybridized carbons (Fsp3) is 0.333. The summed E-state index contributed by atoms with van der Waals surface area (Å²) in [6, 6.07) is 23.7. The first kappa shape index (κ1) is 25.3. The Balaban J connectivity index is 1.24. The zero-order valence-corrected chi connectivity index (χ0v) is 21.2. The first-order valence-corrected chi connectivity index (χ1v) is 12.7. The monoisotopic (exact) mass is 485 g/mol. The summed E-state index contributed by atoms with van der Waals surface area (Å²) in [5.41, 5.74) is 3.99. The van der Waals surface area contributed by atoms with Crippen LogP contribution in [0, 0.1) is 6.92 Å². The topological polar surface area (TPSA) is 65.4 Å². The van der Waals surface area contributed by atoms with Gasteiger partial charge in [0.25, 0.3) is 5.91 Å². The van der Waals surface area contributed by atoms with Gasteiger partial charge in [-0.05, 0) is 68.1 Å². The smallest absolute Gasteiger partial charge is 0.251 e. The molecule has 188 valence electrons. The molecule has 1 N–H and O–H groups in total. The maximum Gasteiger partial charge on any atom is 0.251 e. The number of hydrogen-bond donors (Lipinski definition) is 1. The third-order valence-corrected chi connectivity index (χ3v) is 6.31. The quantitative estimate of drug-likeness (QED) is 0.237. The number of para-hydroxylation sites is 3. The van der Waals surface area contributed by atoms with Crippen molar-refractivity contribution in [2.24, 2.45) is 0 Å². The van der Waals surface area contributed by atoms with Gasteiger partial charge in [0.2, 0.25) is 0 Å². The van der Waals surface area contributed by atoms with Crippen molar-refractivity contribution in [3.05, 3.63) is 89.7 Å². The summed E-state index contributed by atoms with van der Waals surface area (Å²) in [5, 5.41) is 3.00. The molecule has 0 spiro atoms. The van der Waals surface area contributed by atoms with E-state index in [0.29, 0.717) is 24.5 Å². The fourth-order valence-corrected chi connectivity index (χ4v) is 4.34.